The second kappa shape index (κ2) is 8.13. The summed E-state index contributed by atoms with van der Waals surface area (Å²) >= 11 is 0. The predicted octanol–water partition coefficient (Wildman–Crippen LogP) is 8.86. The van der Waals surface area contributed by atoms with Gasteiger partial charge in [0.1, 0.15) is 0 Å². The SMILES string of the molecule is C=C1C=CC(c2cccc(-c3c4ccccc4c(-c4ccccc4)c4ccccc34)c2)=CC1=N. The largest absolute Gasteiger partial charge is 0.300 e. The Labute approximate surface area is 199 Å². The number of hydrogen-bond acceptors (Lipinski definition) is 1. The van der Waals surface area contributed by atoms with E-state index < -0.39 is 0 Å². The van der Waals surface area contributed by atoms with Crippen LogP contribution in [0.2, 0.25) is 0 Å². The van der Waals surface area contributed by atoms with E-state index in [9.17, 15) is 0 Å². The highest BCUT2D eigenvalue weighted by atomic mass is 14.4. The van der Waals surface area contributed by atoms with Crippen LogP contribution in [0.25, 0.3) is 49.4 Å². The van der Waals surface area contributed by atoms with Crippen molar-refractivity contribution in [3.63, 3.8) is 0 Å². The van der Waals surface area contributed by atoms with Crippen molar-refractivity contribution in [2.75, 3.05) is 0 Å². The third-order valence-corrected chi connectivity index (χ3v) is 6.59. The van der Waals surface area contributed by atoms with Crippen molar-refractivity contribution < 1.29 is 0 Å². The summed E-state index contributed by atoms with van der Waals surface area (Å²) in [7, 11) is 0. The molecule has 0 saturated heterocycles. The summed E-state index contributed by atoms with van der Waals surface area (Å²) in [5.41, 5.74) is 8.27. The van der Waals surface area contributed by atoms with E-state index in [1.807, 2.05) is 18.2 Å². The average Bonchev–Trinajstić information content (AvgIpc) is 2.89. The Morgan fingerprint density at radius 1 is 0.500 bits per heavy atom. The molecule has 1 N–H and O–H groups in total. The van der Waals surface area contributed by atoms with Crippen LogP contribution in [0.3, 0.4) is 0 Å². The summed E-state index contributed by atoms with van der Waals surface area (Å²) < 4.78 is 0. The molecule has 0 aliphatic heterocycles. The molecule has 0 fully saturated rings. The van der Waals surface area contributed by atoms with E-state index in [0.717, 1.165) is 16.7 Å². The molecule has 1 aliphatic rings. The minimum Gasteiger partial charge on any atom is -0.300 e. The second-order valence-corrected chi connectivity index (χ2v) is 8.66. The molecule has 0 spiro atoms. The van der Waals surface area contributed by atoms with Gasteiger partial charge in [-0.25, -0.2) is 0 Å². The molecule has 5 aromatic rings. The van der Waals surface area contributed by atoms with E-state index in [1.165, 1.54) is 43.8 Å². The van der Waals surface area contributed by atoms with Crippen LogP contribution >= 0.6 is 0 Å². The van der Waals surface area contributed by atoms with E-state index in [0.29, 0.717) is 5.71 Å². The Balaban J connectivity index is 1.66. The van der Waals surface area contributed by atoms with Gasteiger partial charge in [-0.15, -0.1) is 0 Å². The number of rotatable bonds is 3. The number of hydrogen-bond donors (Lipinski definition) is 1. The molecule has 1 heteroatoms. The number of allylic oxidation sites excluding steroid dienone is 5. The molecule has 0 atom stereocenters. The lowest BCUT2D eigenvalue weighted by Gasteiger charge is -2.18. The molecular formula is C33H23N. The predicted molar refractivity (Wildman–Crippen MR) is 146 cm³/mol. The van der Waals surface area contributed by atoms with Gasteiger partial charge in [0, 0.05) is 0 Å². The third-order valence-electron chi connectivity index (χ3n) is 6.59. The molecule has 0 amide bonds. The van der Waals surface area contributed by atoms with Crippen LogP contribution in [-0.4, -0.2) is 5.71 Å². The van der Waals surface area contributed by atoms with Crippen LogP contribution in [0.1, 0.15) is 5.56 Å². The molecular weight excluding hydrogens is 410 g/mol. The molecule has 1 aliphatic carbocycles. The fourth-order valence-electron chi connectivity index (χ4n) is 4.97. The van der Waals surface area contributed by atoms with Crippen LogP contribution in [0, 0.1) is 5.41 Å². The Morgan fingerprint density at radius 3 is 1.59 bits per heavy atom. The van der Waals surface area contributed by atoms with Crippen molar-refractivity contribution in [2.45, 2.75) is 0 Å². The van der Waals surface area contributed by atoms with E-state index in [-0.39, 0.29) is 0 Å². The van der Waals surface area contributed by atoms with Crippen LogP contribution in [0.4, 0.5) is 0 Å². The molecule has 5 aromatic carbocycles. The van der Waals surface area contributed by atoms with E-state index in [1.54, 1.807) is 0 Å². The monoisotopic (exact) mass is 433 g/mol. The Morgan fingerprint density at radius 2 is 1.00 bits per heavy atom. The maximum absolute atomic E-state index is 8.19. The van der Waals surface area contributed by atoms with Crippen molar-refractivity contribution in [1.82, 2.24) is 0 Å². The quantitative estimate of drug-likeness (QED) is 0.275. The maximum atomic E-state index is 8.19. The van der Waals surface area contributed by atoms with Crippen LogP contribution in [0.15, 0.2) is 134 Å². The van der Waals surface area contributed by atoms with E-state index in [2.05, 4.69) is 110 Å². The third kappa shape index (κ3) is 3.30. The smallest absolute Gasteiger partial charge is 0.0612 e. The molecule has 34 heavy (non-hydrogen) atoms. The van der Waals surface area contributed by atoms with Crippen LogP contribution < -0.4 is 0 Å². The van der Waals surface area contributed by atoms with Gasteiger partial charge in [-0.3, -0.25) is 0 Å². The van der Waals surface area contributed by atoms with Gasteiger partial charge in [-0.1, -0.05) is 116 Å². The van der Waals surface area contributed by atoms with Gasteiger partial charge < -0.3 is 5.41 Å². The summed E-state index contributed by atoms with van der Waals surface area (Å²) in [6.07, 6.45) is 5.87. The Bertz CT molecular complexity index is 1610. The highest BCUT2D eigenvalue weighted by Crippen LogP contribution is 2.43. The minimum absolute atomic E-state index is 0.464. The highest BCUT2D eigenvalue weighted by molar-refractivity contribution is 6.21. The molecule has 1 nitrogen and oxygen atoms in total. The fourth-order valence-corrected chi connectivity index (χ4v) is 4.97. The average molecular weight is 434 g/mol. The zero-order chi connectivity index (χ0) is 23.1. The van der Waals surface area contributed by atoms with Crippen molar-refractivity contribution in [3.8, 4) is 22.3 Å². The fraction of sp³-hybridized carbons (Fsp3) is 0. The molecule has 0 heterocycles. The number of benzene rings is 5. The van der Waals surface area contributed by atoms with Gasteiger partial charge in [0.15, 0.2) is 0 Å². The molecule has 6 rings (SSSR count). The zero-order valence-corrected chi connectivity index (χ0v) is 18.8. The molecule has 0 unspecified atom stereocenters. The minimum atomic E-state index is 0.464. The first-order valence-corrected chi connectivity index (χ1v) is 11.5. The zero-order valence-electron chi connectivity index (χ0n) is 18.8. The van der Waals surface area contributed by atoms with Gasteiger partial charge in [-0.2, -0.15) is 0 Å². The number of fused-ring (bicyclic) bond motifs is 2. The summed E-state index contributed by atoms with van der Waals surface area (Å²) in [5.74, 6) is 0. The first-order valence-electron chi connectivity index (χ1n) is 11.5. The summed E-state index contributed by atoms with van der Waals surface area (Å²) in [6.45, 7) is 3.93. The van der Waals surface area contributed by atoms with Crippen molar-refractivity contribution >= 4 is 32.8 Å². The molecule has 0 aromatic heterocycles. The van der Waals surface area contributed by atoms with Gasteiger partial charge in [0.2, 0.25) is 0 Å². The molecule has 0 radical (unpaired) electrons. The van der Waals surface area contributed by atoms with Crippen molar-refractivity contribution in [1.29, 1.82) is 5.41 Å². The van der Waals surface area contributed by atoms with E-state index >= 15 is 0 Å². The highest BCUT2D eigenvalue weighted by Gasteiger charge is 2.17. The summed E-state index contributed by atoms with van der Waals surface area (Å²) in [6, 6.07) is 36.8. The van der Waals surface area contributed by atoms with Crippen molar-refractivity contribution in [3.05, 3.63) is 139 Å². The Hall–Kier alpha value is -4.49. The lowest BCUT2D eigenvalue weighted by molar-refractivity contribution is 1.49. The molecule has 0 saturated carbocycles. The first-order chi connectivity index (χ1) is 16.7. The van der Waals surface area contributed by atoms with Crippen LogP contribution in [0.5, 0.6) is 0 Å². The van der Waals surface area contributed by atoms with Crippen molar-refractivity contribution in [2.24, 2.45) is 0 Å². The lowest BCUT2D eigenvalue weighted by Crippen LogP contribution is -1.99. The maximum Gasteiger partial charge on any atom is 0.0612 e. The first kappa shape index (κ1) is 20.1. The number of nitrogens with one attached hydrogen (secondary N) is 1. The molecule has 160 valence electrons. The van der Waals surface area contributed by atoms with Gasteiger partial charge in [0.05, 0.1) is 5.71 Å². The van der Waals surface area contributed by atoms with Gasteiger partial charge in [-0.05, 0) is 72.7 Å². The van der Waals surface area contributed by atoms with Gasteiger partial charge in [0.25, 0.3) is 0 Å². The Kier molecular flexibility index (Phi) is 4.82. The van der Waals surface area contributed by atoms with Crippen LogP contribution in [-0.2, 0) is 0 Å². The summed E-state index contributed by atoms with van der Waals surface area (Å²) in [4.78, 5) is 0. The second-order valence-electron chi connectivity index (χ2n) is 8.66. The van der Waals surface area contributed by atoms with E-state index in [4.69, 9.17) is 5.41 Å². The summed E-state index contributed by atoms with van der Waals surface area (Å²) in [5, 5.41) is 13.2. The standard InChI is InChI=1S/C33H23N/c1-22-18-19-25(21-31(22)34)24-12-9-13-26(20-24)33-29-16-7-5-14-27(29)32(23-10-3-2-4-11-23)28-15-6-8-17-30(28)33/h2-21,34H,1H2. The molecule has 0 bridgehead atoms. The topological polar surface area (TPSA) is 23.9 Å². The van der Waals surface area contributed by atoms with Gasteiger partial charge >= 0.3 is 0 Å². The lowest BCUT2D eigenvalue weighted by atomic mass is 9.85. The normalized spacial score (nSPS) is 13.5.